The molecular formula is C18H22N4O4. The Hall–Kier alpha value is -3.03. The van der Waals surface area contributed by atoms with E-state index in [1.807, 2.05) is 29.2 Å². The molecule has 1 aliphatic rings. The standard InChI is InChI=1S/C18H22N4O4/c1-13-11-17(20-26-13)19-18(24)12-25-16-5-3-15(4-6-16)22-9-7-21(8-10-22)14(2)23/h3-6,11H,7-10,12H2,1-2H3,(H,19,20,24). The van der Waals surface area contributed by atoms with Crippen LogP contribution in [0.3, 0.4) is 0 Å². The van der Waals surface area contributed by atoms with Gasteiger partial charge in [-0.25, -0.2) is 0 Å². The Bertz CT molecular complexity index is 764. The van der Waals surface area contributed by atoms with Crippen molar-refractivity contribution in [1.29, 1.82) is 0 Å². The van der Waals surface area contributed by atoms with Crippen LogP contribution in [0.2, 0.25) is 0 Å². The summed E-state index contributed by atoms with van der Waals surface area (Å²) < 4.78 is 10.4. The molecule has 1 aliphatic heterocycles. The van der Waals surface area contributed by atoms with E-state index in [1.165, 1.54) is 0 Å². The zero-order chi connectivity index (χ0) is 18.5. The molecule has 0 unspecified atom stereocenters. The molecule has 1 fully saturated rings. The molecular weight excluding hydrogens is 336 g/mol. The molecule has 1 aromatic carbocycles. The first-order valence-corrected chi connectivity index (χ1v) is 8.48. The van der Waals surface area contributed by atoms with Crippen LogP contribution in [0.1, 0.15) is 12.7 Å². The minimum absolute atomic E-state index is 0.109. The number of carbonyl (C=O) groups is 2. The Balaban J connectivity index is 1.47. The second-order valence-electron chi connectivity index (χ2n) is 6.15. The van der Waals surface area contributed by atoms with Crippen molar-refractivity contribution in [3.63, 3.8) is 0 Å². The number of anilines is 2. The summed E-state index contributed by atoms with van der Waals surface area (Å²) in [5.74, 6) is 1.43. The van der Waals surface area contributed by atoms with E-state index in [4.69, 9.17) is 9.26 Å². The second-order valence-corrected chi connectivity index (χ2v) is 6.15. The molecule has 2 aromatic rings. The molecule has 0 atom stereocenters. The Morgan fingerprint density at radius 2 is 1.88 bits per heavy atom. The number of amides is 2. The lowest BCUT2D eigenvalue weighted by molar-refractivity contribution is -0.129. The first kappa shape index (κ1) is 17.8. The normalized spacial score (nSPS) is 14.2. The highest BCUT2D eigenvalue weighted by Gasteiger charge is 2.18. The molecule has 0 saturated carbocycles. The lowest BCUT2D eigenvalue weighted by Crippen LogP contribution is -2.48. The summed E-state index contributed by atoms with van der Waals surface area (Å²) in [6.07, 6.45) is 0. The number of rotatable bonds is 5. The summed E-state index contributed by atoms with van der Waals surface area (Å²) in [5, 5.41) is 6.30. The minimum atomic E-state index is -0.303. The molecule has 2 amide bonds. The smallest absolute Gasteiger partial charge is 0.263 e. The van der Waals surface area contributed by atoms with Crippen LogP contribution in [-0.2, 0) is 9.59 Å². The van der Waals surface area contributed by atoms with Crippen LogP contribution in [0.5, 0.6) is 5.75 Å². The van der Waals surface area contributed by atoms with Gasteiger partial charge >= 0.3 is 0 Å². The van der Waals surface area contributed by atoms with Crippen LogP contribution < -0.4 is 15.0 Å². The largest absolute Gasteiger partial charge is 0.484 e. The fourth-order valence-corrected chi connectivity index (χ4v) is 2.79. The van der Waals surface area contributed by atoms with Crippen LogP contribution in [0.15, 0.2) is 34.9 Å². The van der Waals surface area contributed by atoms with E-state index in [2.05, 4.69) is 15.4 Å². The molecule has 1 N–H and O–H groups in total. The Morgan fingerprint density at radius 3 is 2.46 bits per heavy atom. The Kier molecular flexibility index (Phi) is 5.40. The maximum atomic E-state index is 11.8. The molecule has 0 spiro atoms. The maximum absolute atomic E-state index is 11.8. The maximum Gasteiger partial charge on any atom is 0.263 e. The number of nitrogens with one attached hydrogen (secondary N) is 1. The molecule has 8 heteroatoms. The van der Waals surface area contributed by atoms with Crippen LogP contribution >= 0.6 is 0 Å². The molecule has 0 aliphatic carbocycles. The third-order valence-electron chi connectivity index (χ3n) is 4.19. The van der Waals surface area contributed by atoms with Crippen LogP contribution in [0.4, 0.5) is 11.5 Å². The first-order valence-electron chi connectivity index (χ1n) is 8.48. The predicted octanol–water partition coefficient (Wildman–Crippen LogP) is 1.67. The number of hydrogen-bond donors (Lipinski definition) is 1. The monoisotopic (exact) mass is 358 g/mol. The summed E-state index contributed by atoms with van der Waals surface area (Å²) in [5.41, 5.74) is 1.07. The van der Waals surface area contributed by atoms with Crippen molar-refractivity contribution in [2.24, 2.45) is 0 Å². The van der Waals surface area contributed by atoms with Crippen molar-refractivity contribution < 1.29 is 18.8 Å². The van der Waals surface area contributed by atoms with Crippen molar-refractivity contribution in [2.75, 3.05) is 43.0 Å². The highest BCUT2D eigenvalue weighted by atomic mass is 16.5. The number of aryl methyl sites for hydroxylation is 1. The number of hydrogen-bond acceptors (Lipinski definition) is 6. The molecule has 8 nitrogen and oxygen atoms in total. The van der Waals surface area contributed by atoms with Crippen molar-refractivity contribution in [3.8, 4) is 5.75 Å². The van der Waals surface area contributed by atoms with Gasteiger partial charge in [0.15, 0.2) is 12.4 Å². The minimum Gasteiger partial charge on any atom is -0.484 e. The Labute approximate surface area is 151 Å². The van der Waals surface area contributed by atoms with E-state index in [1.54, 1.807) is 19.9 Å². The van der Waals surface area contributed by atoms with E-state index in [-0.39, 0.29) is 18.4 Å². The van der Waals surface area contributed by atoms with Gasteiger partial charge in [-0.3, -0.25) is 9.59 Å². The number of aromatic nitrogens is 1. The third-order valence-corrected chi connectivity index (χ3v) is 4.19. The molecule has 138 valence electrons. The van der Waals surface area contributed by atoms with Crippen molar-refractivity contribution >= 4 is 23.3 Å². The molecule has 1 saturated heterocycles. The molecule has 0 radical (unpaired) electrons. The van der Waals surface area contributed by atoms with Gasteiger partial charge in [0.25, 0.3) is 5.91 Å². The van der Waals surface area contributed by atoms with Gasteiger partial charge in [0.2, 0.25) is 5.91 Å². The number of carbonyl (C=O) groups excluding carboxylic acids is 2. The highest BCUT2D eigenvalue weighted by Crippen LogP contribution is 2.21. The number of ether oxygens (including phenoxy) is 1. The molecule has 3 rings (SSSR count). The van der Waals surface area contributed by atoms with Gasteiger partial charge in [0.05, 0.1) is 0 Å². The quantitative estimate of drug-likeness (QED) is 0.875. The van der Waals surface area contributed by atoms with Gasteiger partial charge in [0, 0.05) is 44.9 Å². The summed E-state index contributed by atoms with van der Waals surface area (Å²) in [7, 11) is 0. The first-order chi connectivity index (χ1) is 12.5. The van der Waals surface area contributed by atoms with Crippen molar-refractivity contribution in [2.45, 2.75) is 13.8 Å². The summed E-state index contributed by atoms with van der Waals surface area (Å²) in [6.45, 7) is 6.31. The molecule has 2 heterocycles. The van der Waals surface area contributed by atoms with E-state index in [0.717, 1.165) is 31.9 Å². The van der Waals surface area contributed by atoms with Crippen LogP contribution in [0, 0.1) is 6.92 Å². The molecule has 26 heavy (non-hydrogen) atoms. The van der Waals surface area contributed by atoms with Gasteiger partial charge < -0.3 is 24.4 Å². The number of piperazine rings is 1. The Morgan fingerprint density at radius 1 is 1.19 bits per heavy atom. The fraction of sp³-hybridized carbons (Fsp3) is 0.389. The van der Waals surface area contributed by atoms with Crippen molar-refractivity contribution in [3.05, 3.63) is 36.1 Å². The highest BCUT2D eigenvalue weighted by molar-refractivity contribution is 5.90. The zero-order valence-electron chi connectivity index (χ0n) is 14.9. The van der Waals surface area contributed by atoms with Gasteiger partial charge in [-0.2, -0.15) is 0 Å². The average Bonchev–Trinajstić information content (AvgIpc) is 3.05. The average molecular weight is 358 g/mol. The second kappa shape index (κ2) is 7.90. The summed E-state index contributed by atoms with van der Waals surface area (Å²) in [6, 6.07) is 9.22. The van der Waals surface area contributed by atoms with Crippen molar-refractivity contribution in [1.82, 2.24) is 10.1 Å². The van der Waals surface area contributed by atoms with E-state index < -0.39 is 0 Å². The van der Waals surface area contributed by atoms with Gasteiger partial charge in [-0.05, 0) is 31.2 Å². The summed E-state index contributed by atoms with van der Waals surface area (Å²) in [4.78, 5) is 27.3. The van der Waals surface area contributed by atoms with Gasteiger partial charge in [0.1, 0.15) is 11.5 Å². The topological polar surface area (TPSA) is 87.9 Å². The molecule has 1 aromatic heterocycles. The zero-order valence-corrected chi connectivity index (χ0v) is 14.9. The molecule has 0 bridgehead atoms. The van der Waals surface area contributed by atoms with Crippen LogP contribution in [0.25, 0.3) is 0 Å². The van der Waals surface area contributed by atoms with E-state index in [0.29, 0.717) is 17.3 Å². The van der Waals surface area contributed by atoms with E-state index >= 15 is 0 Å². The van der Waals surface area contributed by atoms with Gasteiger partial charge in [-0.15, -0.1) is 0 Å². The third kappa shape index (κ3) is 4.53. The van der Waals surface area contributed by atoms with E-state index in [9.17, 15) is 9.59 Å². The van der Waals surface area contributed by atoms with Gasteiger partial charge in [-0.1, -0.05) is 5.16 Å². The fourth-order valence-electron chi connectivity index (χ4n) is 2.79. The SMILES string of the molecule is CC(=O)N1CCN(c2ccc(OCC(=O)Nc3cc(C)on3)cc2)CC1. The lowest BCUT2D eigenvalue weighted by Gasteiger charge is -2.35. The predicted molar refractivity (Wildman–Crippen MR) is 96.3 cm³/mol. The van der Waals surface area contributed by atoms with Crippen LogP contribution in [-0.4, -0.2) is 54.7 Å². The lowest BCUT2D eigenvalue weighted by atomic mass is 10.2. The number of nitrogens with zero attached hydrogens (tertiary/aromatic N) is 3. The number of benzene rings is 1. The summed E-state index contributed by atoms with van der Waals surface area (Å²) >= 11 is 0.